The molecule has 0 aliphatic carbocycles. The van der Waals surface area contributed by atoms with Crippen LogP contribution in [0.25, 0.3) is 0 Å². The van der Waals surface area contributed by atoms with Gasteiger partial charge in [-0.3, -0.25) is 24.6 Å². The number of nitrogens with one attached hydrogen (secondary N) is 1. The minimum absolute atomic E-state index is 0.135. The number of aromatic nitrogens is 1. The predicted octanol–water partition coefficient (Wildman–Crippen LogP) is 1.47. The number of nitro benzene ring substituents is 1. The Balaban J connectivity index is 1.54. The highest BCUT2D eigenvalue weighted by atomic mass is 32.2. The number of non-ortho nitro benzene ring substituents is 1. The topological polar surface area (TPSA) is 190 Å². The van der Waals surface area contributed by atoms with Crippen LogP contribution in [-0.4, -0.2) is 68.4 Å². The van der Waals surface area contributed by atoms with Crippen LogP contribution in [-0.2, 0) is 19.2 Å². The van der Waals surface area contributed by atoms with Gasteiger partial charge in [0.05, 0.1) is 15.2 Å². The zero-order valence-electron chi connectivity index (χ0n) is 17.7. The number of carbonyl (C=O) groups is 3. The van der Waals surface area contributed by atoms with Crippen molar-refractivity contribution in [2.24, 2.45) is 5.16 Å². The molecule has 4 rings (SSSR count). The molecule has 0 radical (unpaired) electrons. The maximum atomic E-state index is 12.9. The average Bonchev–Trinajstić information content (AvgIpc) is 3.26. The van der Waals surface area contributed by atoms with E-state index in [1.165, 1.54) is 42.5 Å². The lowest BCUT2D eigenvalue weighted by Gasteiger charge is -2.49. The maximum Gasteiger partial charge on any atom is 0.354 e. The van der Waals surface area contributed by atoms with Gasteiger partial charge >= 0.3 is 5.97 Å². The first kappa shape index (κ1) is 24.5. The number of carboxylic acid groups (broad SMARTS) is 1. The first-order valence-corrected chi connectivity index (χ1v) is 12.4. The van der Waals surface area contributed by atoms with Gasteiger partial charge < -0.3 is 21.0 Å². The number of fused-ring (bicyclic) bond motifs is 1. The van der Waals surface area contributed by atoms with Crippen molar-refractivity contribution in [3.05, 3.63) is 55.4 Å². The van der Waals surface area contributed by atoms with Gasteiger partial charge in [-0.1, -0.05) is 23.0 Å². The van der Waals surface area contributed by atoms with Crippen LogP contribution in [0.5, 0.6) is 0 Å². The number of hydrogen-bond donors (Lipinski definition) is 3. The van der Waals surface area contributed by atoms with E-state index in [0.29, 0.717) is 14.9 Å². The Morgan fingerprint density at radius 2 is 2.23 bits per heavy atom. The number of carbonyl (C=O) groups excluding carboxylic acids is 2. The first-order chi connectivity index (χ1) is 16.7. The quantitative estimate of drug-likeness (QED) is 0.192. The lowest BCUT2D eigenvalue weighted by Crippen LogP contribution is -2.72. The molecule has 1 fully saturated rings. The Kier molecular flexibility index (Phi) is 6.95. The van der Waals surface area contributed by atoms with E-state index in [-0.39, 0.29) is 27.9 Å². The third-order valence-corrected chi connectivity index (χ3v) is 8.04. The summed E-state index contributed by atoms with van der Waals surface area (Å²) in [5.74, 6) is -2.36. The van der Waals surface area contributed by atoms with Gasteiger partial charge in [0.15, 0.2) is 16.5 Å². The molecule has 0 unspecified atom stereocenters. The van der Waals surface area contributed by atoms with E-state index in [4.69, 9.17) is 10.6 Å². The monoisotopic (exact) mass is 536 g/mol. The Hall–Kier alpha value is -3.63. The summed E-state index contributed by atoms with van der Waals surface area (Å²) in [5.41, 5.74) is 5.24. The van der Waals surface area contributed by atoms with Gasteiger partial charge in [-0.25, -0.2) is 9.78 Å². The van der Waals surface area contributed by atoms with E-state index in [2.05, 4.69) is 15.5 Å². The van der Waals surface area contributed by atoms with Crippen molar-refractivity contribution >= 4 is 69.2 Å². The number of nitro groups is 1. The number of anilines is 1. The molecule has 1 saturated heterocycles. The smallest absolute Gasteiger partial charge is 0.354 e. The fraction of sp³-hybridized carbons (Fsp3) is 0.211. The van der Waals surface area contributed by atoms with Gasteiger partial charge in [-0.2, -0.15) is 0 Å². The van der Waals surface area contributed by atoms with Crippen LogP contribution in [0.2, 0.25) is 0 Å². The summed E-state index contributed by atoms with van der Waals surface area (Å²) in [6.07, 6.45) is 0. The number of benzene rings is 1. The molecule has 182 valence electrons. The van der Waals surface area contributed by atoms with Gasteiger partial charge in [0, 0.05) is 28.2 Å². The number of hydrogen-bond acceptors (Lipinski definition) is 12. The molecule has 13 nitrogen and oxygen atoms in total. The Bertz CT molecular complexity index is 1290. The van der Waals surface area contributed by atoms with Gasteiger partial charge in [-0.05, 0) is 6.07 Å². The molecule has 4 N–H and O–H groups in total. The summed E-state index contributed by atoms with van der Waals surface area (Å²) in [6, 6.07) is 4.17. The molecular weight excluding hydrogens is 520 g/mol. The van der Waals surface area contributed by atoms with Crippen LogP contribution < -0.4 is 11.1 Å². The molecule has 0 saturated carbocycles. The molecule has 0 bridgehead atoms. The summed E-state index contributed by atoms with van der Waals surface area (Å²) in [5, 5.41) is 28.8. The van der Waals surface area contributed by atoms with E-state index in [9.17, 15) is 29.6 Å². The Morgan fingerprint density at radius 3 is 2.86 bits per heavy atom. The average molecular weight is 537 g/mol. The van der Waals surface area contributed by atoms with Crippen molar-refractivity contribution in [3.8, 4) is 0 Å². The molecule has 2 amide bonds. The third-order valence-electron chi connectivity index (χ3n) is 4.93. The SMILES string of the molecule is CON=C(C(=O)N[C@H]1C(=O)N2C(C(=O)O)=C(Sc3cccc([N+](=O)[O-])c3)SC[C@H]12)c1csc(N)n1. The van der Waals surface area contributed by atoms with E-state index < -0.39 is 34.8 Å². The number of oxime groups is 1. The van der Waals surface area contributed by atoms with Crippen molar-refractivity contribution in [1.82, 2.24) is 15.2 Å². The summed E-state index contributed by atoms with van der Waals surface area (Å²) in [7, 11) is 1.25. The van der Waals surface area contributed by atoms with E-state index in [1.54, 1.807) is 6.07 Å². The summed E-state index contributed by atoms with van der Waals surface area (Å²) in [4.78, 5) is 58.6. The van der Waals surface area contributed by atoms with Crippen molar-refractivity contribution in [2.75, 3.05) is 18.6 Å². The van der Waals surface area contributed by atoms with Crippen molar-refractivity contribution in [3.63, 3.8) is 0 Å². The van der Waals surface area contributed by atoms with Crippen LogP contribution in [0.15, 0.2) is 49.6 Å². The van der Waals surface area contributed by atoms with Crippen LogP contribution in [0.3, 0.4) is 0 Å². The van der Waals surface area contributed by atoms with Crippen LogP contribution in [0.1, 0.15) is 5.69 Å². The van der Waals surface area contributed by atoms with E-state index >= 15 is 0 Å². The standard InChI is InChI=1S/C19H16N6O7S3/c1-32-23-12(10-6-34-19(20)21-10)15(26)22-13-11-7-33-18(14(17(28)29)24(11)16(13)27)35-9-4-2-3-8(5-9)25(30)31/h2-6,11,13H,7H2,1H3,(H2,20,21)(H,22,26)(H,28,29)/t11-,13-/m1/s1. The van der Waals surface area contributed by atoms with Crippen LogP contribution >= 0.6 is 34.9 Å². The number of thioether (sulfide) groups is 2. The Labute approximate surface area is 209 Å². The minimum atomic E-state index is -1.33. The second kappa shape index (κ2) is 9.93. The highest BCUT2D eigenvalue weighted by molar-refractivity contribution is 8.22. The van der Waals surface area contributed by atoms with Crippen molar-refractivity contribution in [1.29, 1.82) is 0 Å². The van der Waals surface area contributed by atoms with Crippen molar-refractivity contribution in [2.45, 2.75) is 17.0 Å². The number of rotatable bonds is 8. The molecule has 35 heavy (non-hydrogen) atoms. The molecule has 2 aliphatic heterocycles. The van der Waals surface area contributed by atoms with Crippen LogP contribution in [0.4, 0.5) is 10.8 Å². The van der Waals surface area contributed by atoms with Gasteiger partial charge in [0.25, 0.3) is 17.5 Å². The zero-order chi connectivity index (χ0) is 25.3. The normalized spacial score (nSPS) is 19.6. The number of aliphatic carboxylic acids is 1. The second-order valence-corrected chi connectivity index (χ2v) is 10.3. The van der Waals surface area contributed by atoms with Gasteiger partial charge in [0.1, 0.15) is 18.8 Å². The molecule has 1 aromatic carbocycles. The number of thiazole rings is 1. The summed E-state index contributed by atoms with van der Waals surface area (Å²) < 4.78 is 0.312. The highest BCUT2D eigenvalue weighted by Crippen LogP contribution is 2.46. The number of nitrogen functional groups attached to an aromatic ring is 1. The third kappa shape index (κ3) is 4.80. The fourth-order valence-electron chi connectivity index (χ4n) is 3.41. The zero-order valence-corrected chi connectivity index (χ0v) is 20.2. The lowest BCUT2D eigenvalue weighted by atomic mass is 9.95. The fourth-order valence-corrected chi connectivity index (χ4v) is 6.50. The number of amides is 2. The predicted molar refractivity (Wildman–Crippen MR) is 129 cm³/mol. The molecule has 1 aromatic heterocycles. The summed E-state index contributed by atoms with van der Waals surface area (Å²) in [6.45, 7) is 0. The first-order valence-electron chi connectivity index (χ1n) is 9.70. The highest BCUT2D eigenvalue weighted by Gasteiger charge is 2.54. The molecule has 3 heterocycles. The molecule has 2 atom stereocenters. The second-order valence-electron chi connectivity index (χ2n) is 7.03. The van der Waals surface area contributed by atoms with Crippen LogP contribution in [0, 0.1) is 10.1 Å². The lowest BCUT2D eigenvalue weighted by molar-refractivity contribution is -0.385. The van der Waals surface area contributed by atoms with Gasteiger partial charge in [0.2, 0.25) is 0 Å². The summed E-state index contributed by atoms with van der Waals surface area (Å²) >= 11 is 3.31. The number of nitrogens with two attached hydrogens (primary N) is 1. The molecule has 0 spiro atoms. The molecular formula is C19H16N6O7S3. The number of nitrogens with zero attached hydrogens (tertiary/aromatic N) is 4. The van der Waals surface area contributed by atoms with Crippen molar-refractivity contribution < 1.29 is 29.3 Å². The number of carboxylic acids is 1. The number of β-lactam (4-membered cyclic amide) rings is 1. The Morgan fingerprint density at radius 1 is 1.46 bits per heavy atom. The van der Waals surface area contributed by atoms with E-state index in [1.807, 2.05) is 0 Å². The molecule has 2 aliphatic rings. The molecule has 2 aromatic rings. The largest absolute Gasteiger partial charge is 0.477 e. The minimum Gasteiger partial charge on any atom is -0.477 e. The van der Waals surface area contributed by atoms with E-state index in [0.717, 1.165) is 28.0 Å². The molecule has 16 heteroatoms. The maximum absolute atomic E-state index is 12.9. The van der Waals surface area contributed by atoms with Gasteiger partial charge in [-0.15, -0.1) is 23.1 Å².